The van der Waals surface area contributed by atoms with Gasteiger partial charge in [-0.25, -0.2) is 9.29 Å². The van der Waals surface area contributed by atoms with E-state index < -0.39 is 11.9 Å². The van der Waals surface area contributed by atoms with Crippen LogP contribution < -0.4 is 5.32 Å². The maximum atomic E-state index is 12.6. The normalized spacial score (nSPS) is 27.0. The van der Waals surface area contributed by atoms with E-state index in [1.165, 1.54) is 18.0 Å². The van der Waals surface area contributed by atoms with Crippen LogP contribution in [0.15, 0.2) is 17.0 Å². The Morgan fingerprint density at radius 3 is 2.45 bits per heavy atom. The fraction of sp³-hybridized carbons (Fsp3) is 0.615. The van der Waals surface area contributed by atoms with Crippen molar-refractivity contribution in [3.05, 3.63) is 23.5 Å². The number of fused-ring (bicyclic) bond motifs is 1. The van der Waals surface area contributed by atoms with Crippen LogP contribution >= 0.6 is 11.9 Å². The zero-order chi connectivity index (χ0) is 14.3. The Bertz CT molecular complexity index is 494. The third-order valence-corrected chi connectivity index (χ3v) is 5.10. The molecule has 3 heterocycles. The van der Waals surface area contributed by atoms with E-state index in [1.54, 1.807) is 6.92 Å². The summed E-state index contributed by atoms with van der Waals surface area (Å²) in [5, 5.41) is 3.37. The van der Waals surface area contributed by atoms with Crippen molar-refractivity contribution in [3.63, 3.8) is 0 Å². The standard InChI is InChI=1S/C13H16F3N3S/c1-8-11(2-3-12(18-8)13(14,15)16)20-19-6-9-4-17-5-10(9)7-19/h2-3,9-10,17H,4-7H2,1H3. The predicted octanol–water partition coefficient (Wildman–Crippen LogP) is 2.57. The van der Waals surface area contributed by atoms with E-state index in [9.17, 15) is 13.2 Å². The largest absolute Gasteiger partial charge is 0.433 e. The number of hydrogen-bond donors (Lipinski definition) is 1. The van der Waals surface area contributed by atoms with Gasteiger partial charge in [0, 0.05) is 18.0 Å². The van der Waals surface area contributed by atoms with Gasteiger partial charge in [-0.1, -0.05) is 0 Å². The maximum Gasteiger partial charge on any atom is 0.433 e. The van der Waals surface area contributed by atoms with Crippen molar-refractivity contribution in [2.24, 2.45) is 11.8 Å². The minimum atomic E-state index is -4.37. The van der Waals surface area contributed by atoms with E-state index in [4.69, 9.17) is 0 Å². The first-order valence-corrected chi connectivity index (χ1v) is 7.39. The summed E-state index contributed by atoms with van der Waals surface area (Å²) in [7, 11) is 0. The van der Waals surface area contributed by atoms with Gasteiger partial charge in [-0.15, -0.1) is 0 Å². The summed E-state index contributed by atoms with van der Waals surface area (Å²) in [4.78, 5) is 4.48. The van der Waals surface area contributed by atoms with Crippen molar-refractivity contribution in [1.29, 1.82) is 0 Å². The molecule has 0 bridgehead atoms. The van der Waals surface area contributed by atoms with Crippen LogP contribution in [0, 0.1) is 18.8 Å². The van der Waals surface area contributed by atoms with Crippen LogP contribution in [0.2, 0.25) is 0 Å². The van der Waals surface area contributed by atoms with Gasteiger partial charge in [0.2, 0.25) is 0 Å². The first-order valence-electron chi connectivity index (χ1n) is 6.62. The first kappa shape index (κ1) is 14.2. The Morgan fingerprint density at radius 1 is 1.25 bits per heavy atom. The SMILES string of the molecule is Cc1nc(C(F)(F)F)ccc1SN1CC2CNCC2C1. The van der Waals surface area contributed by atoms with Crippen LogP contribution in [0.5, 0.6) is 0 Å². The lowest BCUT2D eigenvalue weighted by atomic mass is 10.0. The number of aryl methyl sites for hydroxylation is 1. The third kappa shape index (κ3) is 2.80. The van der Waals surface area contributed by atoms with Gasteiger partial charge in [0.1, 0.15) is 5.69 Å². The van der Waals surface area contributed by atoms with Gasteiger partial charge < -0.3 is 5.32 Å². The number of halogens is 3. The number of rotatable bonds is 2. The van der Waals surface area contributed by atoms with Crippen LogP contribution in [0.3, 0.4) is 0 Å². The molecule has 2 saturated heterocycles. The Labute approximate surface area is 120 Å². The number of nitrogens with one attached hydrogen (secondary N) is 1. The number of hydrogen-bond acceptors (Lipinski definition) is 4. The van der Waals surface area contributed by atoms with Gasteiger partial charge in [0.25, 0.3) is 0 Å². The van der Waals surface area contributed by atoms with Crippen molar-refractivity contribution in [2.45, 2.75) is 18.0 Å². The maximum absolute atomic E-state index is 12.6. The predicted molar refractivity (Wildman–Crippen MR) is 71.3 cm³/mol. The minimum Gasteiger partial charge on any atom is -0.316 e. The summed E-state index contributed by atoms with van der Waals surface area (Å²) < 4.78 is 40.0. The number of pyridine rings is 1. The van der Waals surface area contributed by atoms with Crippen LogP contribution in [0.25, 0.3) is 0 Å². The molecule has 0 aromatic carbocycles. The monoisotopic (exact) mass is 303 g/mol. The van der Waals surface area contributed by atoms with E-state index in [2.05, 4.69) is 14.6 Å². The van der Waals surface area contributed by atoms with Crippen LogP contribution in [-0.4, -0.2) is 35.5 Å². The average molecular weight is 303 g/mol. The van der Waals surface area contributed by atoms with Gasteiger partial charge in [0.05, 0.1) is 5.69 Å². The summed E-state index contributed by atoms with van der Waals surface area (Å²) in [6, 6.07) is 2.59. The molecule has 3 nitrogen and oxygen atoms in total. The molecule has 1 N–H and O–H groups in total. The molecule has 0 radical (unpaired) electrons. The van der Waals surface area contributed by atoms with Crippen LogP contribution in [0.1, 0.15) is 11.4 Å². The highest BCUT2D eigenvalue weighted by molar-refractivity contribution is 7.97. The second-order valence-electron chi connectivity index (χ2n) is 5.39. The van der Waals surface area contributed by atoms with E-state index in [0.29, 0.717) is 17.5 Å². The van der Waals surface area contributed by atoms with Gasteiger partial charge >= 0.3 is 6.18 Å². The second-order valence-corrected chi connectivity index (χ2v) is 6.53. The Balaban J connectivity index is 1.69. The molecule has 1 aromatic heterocycles. The molecule has 0 aliphatic carbocycles. The zero-order valence-corrected chi connectivity index (χ0v) is 11.9. The van der Waals surface area contributed by atoms with Gasteiger partial charge in [-0.05, 0) is 55.9 Å². The Morgan fingerprint density at radius 2 is 1.90 bits per heavy atom. The van der Waals surface area contributed by atoms with E-state index in [0.717, 1.165) is 37.1 Å². The highest BCUT2D eigenvalue weighted by Gasteiger charge is 2.37. The van der Waals surface area contributed by atoms with Gasteiger partial charge in [0.15, 0.2) is 0 Å². The molecular formula is C13H16F3N3S. The lowest BCUT2D eigenvalue weighted by Crippen LogP contribution is -2.20. The van der Waals surface area contributed by atoms with Gasteiger partial charge in [-0.2, -0.15) is 13.2 Å². The molecular weight excluding hydrogens is 287 g/mol. The summed E-state index contributed by atoms with van der Waals surface area (Å²) in [6.07, 6.45) is -4.37. The zero-order valence-electron chi connectivity index (χ0n) is 11.1. The fourth-order valence-corrected chi connectivity index (χ4v) is 3.95. The first-order chi connectivity index (χ1) is 9.43. The van der Waals surface area contributed by atoms with Crippen molar-refractivity contribution in [1.82, 2.24) is 14.6 Å². The van der Waals surface area contributed by atoms with E-state index >= 15 is 0 Å². The van der Waals surface area contributed by atoms with Crippen molar-refractivity contribution < 1.29 is 13.2 Å². The lowest BCUT2D eigenvalue weighted by molar-refractivity contribution is -0.141. The molecule has 0 saturated carbocycles. The number of aromatic nitrogens is 1. The third-order valence-electron chi connectivity index (χ3n) is 3.91. The molecule has 0 amide bonds. The topological polar surface area (TPSA) is 28.2 Å². The van der Waals surface area contributed by atoms with E-state index in [-0.39, 0.29) is 0 Å². The smallest absolute Gasteiger partial charge is 0.316 e. The lowest BCUT2D eigenvalue weighted by Gasteiger charge is -2.17. The van der Waals surface area contributed by atoms with E-state index in [1.807, 2.05) is 0 Å². The highest BCUT2D eigenvalue weighted by Crippen LogP contribution is 2.36. The fourth-order valence-electron chi connectivity index (χ4n) is 2.83. The van der Waals surface area contributed by atoms with Crippen LogP contribution in [0.4, 0.5) is 13.2 Å². The average Bonchev–Trinajstić information content (AvgIpc) is 2.90. The van der Waals surface area contributed by atoms with Crippen molar-refractivity contribution in [2.75, 3.05) is 26.2 Å². The number of alkyl halides is 3. The molecule has 2 unspecified atom stereocenters. The van der Waals surface area contributed by atoms with Crippen molar-refractivity contribution >= 4 is 11.9 Å². The van der Waals surface area contributed by atoms with Gasteiger partial charge in [-0.3, -0.25) is 0 Å². The minimum absolute atomic E-state index is 0.444. The van der Waals surface area contributed by atoms with Crippen molar-refractivity contribution in [3.8, 4) is 0 Å². The molecule has 2 fully saturated rings. The summed E-state index contributed by atoms with van der Waals surface area (Å²) in [5.74, 6) is 1.34. The Hall–Kier alpha value is -0.790. The summed E-state index contributed by atoms with van der Waals surface area (Å²) in [6.45, 7) is 5.71. The molecule has 110 valence electrons. The Kier molecular flexibility index (Phi) is 3.68. The molecule has 7 heteroatoms. The molecule has 0 spiro atoms. The molecule has 2 atom stereocenters. The highest BCUT2D eigenvalue weighted by atomic mass is 32.2. The van der Waals surface area contributed by atoms with Crippen LogP contribution in [-0.2, 0) is 6.18 Å². The molecule has 3 rings (SSSR count). The quantitative estimate of drug-likeness (QED) is 0.850. The molecule has 20 heavy (non-hydrogen) atoms. The second kappa shape index (κ2) is 5.20. The molecule has 1 aromatic rings. The molecule has 2 aliphatic heterocycles. The number of nitrogens with zero attached hydrogens (tertiary/aromatic N) is 2. The summed E-state index contributed by atoms with van der Waals surface area (Å²) in [5.41, 5.74) is -0.373. The molecule has 2 aliphatic rings. The summed E-state index contributed by atoms with van der Waals surface area (Å²) >= 11 is 1.53.